The Morgan fingerprint density at radius 3 is 2.75 bits per heavy atom. The molecular weight excluding hydrogens is 258 g/mol. The van der Waals surface area contributed by atoms with Gasteiger partial charge in [0, 0.05) is 18.5 Å². The van der Waals surface area contributed by atoms with Crippen LogP contribution in [0.1, 0.15) is 26.7 Å². The van der Waals surface area contributed by atoms with E-state index in [0.29, 0.717) is 29.7 Å². The summed E-state index contributed by atoms with van der Waals surface area (Å²) in [6.45, 7) is 6.22. The topological polar surface area (TPSA) is 100.0 Å². The van der Waals surface area contributed by atoms with Crippen molar-refractivity contribution in [3.8, 4) is 17.4 Å². The normalized spacial score (nSPS) is 13.2. The molecule has 2 aromatic rings. The summed E-state index contributed by atoms with van der Waals surface area (Å²) in [6, 6.07) is 1.59. The molecule has 0 bridgehead atoms. The van der Waals surface area contributed by atoms with E-state index in [1.807, 2.05) is 0 Å². The zero-order valence-corrected chi connectivity index (χ0v) is 12.1. The summed E-state index contributed by atoms with van der Waals surface area (Å²) in [7, 11) is 1.54. The first-order valence-electron chi connectivity index (χ1n) is 6.34. The van der Waals surface area contributed by atoms with Crippen molar-refractivity contribution >= 4 is 0 Å². The largest absolute Gasteiger partial charge is 0.481 e. The molecule has 0 amide bonds. The maximum atomic E-state index is 6.10. The predicted molar refractivity (Wildman–Crippen MR) is 73.0 cm³/mol. The summed E-state index contributed by atoms with van der Waals surface area (Å²) in [5.41, 5.74) is 6.63. The molecule has 2 aromatic heterocycles. The minimum atomic E-state index is -0.0595. The maximum Gasteiger partial charge on any atom is 0.228 e. The quantitative estimate of drug-likeness (QED) is 0.902. The molecule has 0 aliphatic carbocycles. The Labute approximate surface area is 117 Å². The van der Waals surface area contributed by atoms with Crippen LogP contribution in [0.3, 0.4) is 0 Å². The van der Waals surface area contributed by atoms with Gasteiger partial charge in [-0.2, -0.15) is 4.98 Å². The molecule has 2 rings (SSSR count). The van der Waals surface area contributed by atoms with Gasteiger partial charge in [-0.25, -0.2) is 9.97 Å². The fraction of sp³-hybridized carbons (Fsp3) is 0.538. The molecule has 0 aliphatic rings. The lowest BCUT2D eigenvalue weighted by atomic mass is 9.85. The molecule has 0 spiro atoms. The molecule has 20 heavy (non-hydrogen) atoms. The standard InChI is InChI=1S/C13H19N5O2/c1-13(2,3)9(14)6-11-17-12(18-20-11)8-5-10(19-4)16-7-15-8/h5,7,9H,6,14H2,1-4H3. The molecule has 0 saturated carbocycles. The summed E-state index contributed by atoms with van der Waals surface area (Å²) >= 11 is 0. The first-order valence-corrected chi connectivity index (χ1v) is 6.34. The summed E-state index contributed by atoms with van der Waals surface area (Å²) in [5.74, 6) is 1.36. The van der Waals surface area contributed by atoms with Gasteiger partial charge in [0.25, 0.3) is 0 Å². The zero-order chi connectivity index (χ0) is 14.8. The molecule has 7 nitrogen and oxygen atoms in total. The second kappa shape index (κ2) is 5.54. The SMILES string of the molecule is COc1cc(-c2noc(CC(N)C(C)(C)C)n2)ncn1. The van der Waals surface area contributed by atoms with Crippen LogP contribution < -0.4 is 10.5 Å². The highest BCUT2D eigenvalue weighted by Gasteiger charge is 2.23. The lowest BCUT2D eigenvalue weighted by Crippen LogP contribution is -2.36. The molecular formula is C13H19N5O2. The highest BCUT2D eigenvalue weighted by Crippen LogP contribution is 2.21. The molecule has 2 N–H and O–H groups in total. The predicted octanol–water partition coefficient (Wildman–Crippen LogP) is 1.45. The van der Waals surface area contributed by atoms with Gasteiger partial charge in [-0.1, -0.05) is 25.9 Å². The third-order valence-corrected chi connectivity index (χ3v) is 3.06. The van der Waals surface area contributed by atoms with Crippen molar-refractivity contribution < 1.29 is 9.26 Å². The molecule has 0 aliphatic heterocycles. The average Bonchev–Trinajstić information content (AvgIpc) is 2.86. The first kappa shape index (κ1) is 14.4. The van der Waals surface area contributed by atoms with Gasteiger partial charge in [-0.15, -0.1) is 0 Å². The van der Waals surface area contributed by atoms with Crippen molar-refractivity contribution in [1.29, 1.82) is 0 Å². The van der Waals surface area contributed by atoms with Crippen molar-refractivity contribution in [1.82, 2.24) is 20.1 Å². The van der Waals surface area contributed by atoms with Crippen LogP contribution in [0.2, 0.25) is 0 Å². The fourth-order valence-electron chi connectivity index (χ4n) is 1.51. The molecule has 2 heterocycles. The van der Waals surface area contributed by atoms with Crippen LogP contribution in [-0.4, -0.2) is 33.3 Å². The minimum absolute atomic E-state index is 0.0211. The van der Waals surface area contributed by atoms with Crippen LogP contribution in [0.15, 0.2) is 16.9 Å². The number of methoxy groups -OCH3 is 1. The smallest absolute Gasteiger partial charge is 0.228 e. The van der Waals surface area contributed by atoms with E-state index < -0.39 is 0 Å². The number of aromatic nitrogens is 4. The van der Waals surface area contributed by atoms with E-state index in [2.05, 4.69) is 40.9 Å². The number of ether oxygens (including phenoxy) is 1. The number of hydrogen-bond acceptors (Lipinski definition) is 7. The Kier molecular flexibility index (Phi) is 3.99. The Morgan fingerprint density at radius 1 is 1.35 bits per heavy atom. The van der Waals surface area contributed by atoms with Crippen molar-refractivity contribution in [3.63, 3.8) is 0 Å². The van der Waals surface area contributed by atoms with Crippen LogP contribution in [0.5, 0.6) is 5.88 Å². The molecule has 0 radical (unpaired) electrons. The van der Waals surface area contributed by atoms with E-state index in [0.717, 1.165) is 0 Å². The van der Waals surface area contributed by atoms with Gasteiger partial charge in [-0.05, 0) is 5.41 Å². The number of rotatable bonds is 4. The Hall–Kier alpha value is -2.02. The van der Waals surface area contributed by atoms with Gasteiger partial charge in [-0.3, -0.25) is 0 Å². The summed E-state index contributed by atoms with van der Waals surface area (Å²) in [6.07, 6.45) is 1.92. The van der Waals surface area contributed by atoms with E-state index in [1.165, 1.54) is 13.4 Å². The van der Waals surface area contributed by atoms with Gasteiger partial charge in [0.05, 0.1) is 7.11 Å². The first-order chi connectivity index (χ1) is 9.40. The van der Waals surface area contributed by atoms with Gasteiger partial charge in [0.15, 0.2) is 0 Å². The van der Waals surface area contributed by atoms with E-state index in [1.54, 1.807) is 6.07 Å². The number of hydrogen-bond donors (Lipinski definition) is 1. The van der Waals surface area contributed by atoms with E-state index in [-0.39, 0.29) is 11.5 Å². The Bertz CT molecular complexity index is 576. The highest BCUT2D eigenvalue weighted by atomic mass is 16.5. The molecule has 0 saturated heterocycles. The van der Waals surface area contributed by atoms with Crippen molar-refractivity contribution in [2.24, 2.45) is 11.1 Å². The van der Waals surface area contributed by atoms with E-state index >= 15 is 0 Å². The zero-order valence-electron chi connectivity index (χ0n) is 12.1. The lowest BCUT2D eigenvalue weighted by Gasteiger charge is -2.25. The molecule has 0 aromatic carbocycles. The van der Waals surface area contributed by atoms with Crippen LogP contribution in [-0.2, 0) is 6.42 Å². The minimum Gasteiger partial charge on any atom is -0.481 e. The van der Waals surface area contributed by atoms with Crippen molar-refractivity contribution in [3.05, 3.63) is 18.3 Å². The molecule has 1 unspecified atom stereocenters. The van der Waals surface area contributed by atoms with Crippen LogP contribution >= 0.6 is 0 Å². The van der Waals surface area contributed by atoms with Gasteiger partial charge >= 0.3 is 0 Å². The second-order valence-corrected chi connectivity index (χ2v) is 5.63. The van der Waals surface area contributed by atoms with Gasteiger partial charge in [0.1, 0.15) is 12.0 Å². The third kappa shape index (κ3) is 3.30. The summed E-state index contributed by atoms with van der Waals surface area (Å²) < 4.78 is 10.3. The average molecular weight is 277 g/mol. The van der Waals surface area contributed by atoms with Crippen molar-refractivity contribution in [2.45, 2.75) is 33.2 Å². The fourth-order valence-corrected chi connectivity index (χ4v) is 1.51. The number of nitrogens with zero attached hydrogens (tertiary/aromatic N) is 4. The third-order valence-electron chi connectivity index (χ3n) is 3.06. The maximum absolute atomic E-state index is 6.10. The second-order valence-electron chi connectivity index (χ2n) is 5.63. The van der Waals surface area contributed by atoms with E-state index in [9.17, 15) is 0 Å². The van der Waals surface area contributed by atoms with E-state index in [4.69, 9.17) is 15.0 Å². The van der Waals surface area contributed by atoms with Crippen LogP contribution in [0, 0.1) is 5.41 Å². The monoisotopic (exact) mass is 277 g/mol. The lowest BCUT2D eigenvalue weighted by molar-refractivity contribution is 0.286. The highest BCUT2D eigenvalue weighted by molar-refractivity contribution is 5.49. The molecule has 1 atom stereocenters. The number of nitrogens with two attached hydrogens (primary N) is 1. The molecule has 0 fully saturated rings. The van der Waals surface area contributed by atoms with Gasteiger partial charge in [0.2, 0.25) is 17.6 Å². The van der Waals surface area contributed by atoms with Gasteiger partial charge < -0.3 is 15.0 Å². The molecule has 108 valence electrons. The van der Waals surface area contributed by atoms with Crippen LogP contribution in [0.25, 0.3) is 11.5 Å². The Morgan fingerprint density at radius 2 is 2.10 bits per heavy atom. The van der Waals surface area contributed by atoms with Crippen molar-refractivity contribution in [2.75, 3.05) is 7.11 Å². The summed E-state index contributed by atoms with van der Waals surface area (Å²) in [4.78, 5) is 12.3. The Balaban J connectivity index is 2.16. The van der Waals surface area contributed by atoms with Crippen LogP contribution in [0.4, 0.5) is 0 Å². The molecule has 7 heteroatoms. The summed E-state index contributed by atoms with van der Waals surface area (Å²) in [5, 5.41) is 3.91.